The lowest BCUT2D eigenvalue weighted by atomic mass is 9.82. The van der Waals surface area contributed by atoms with E-state index in [-0.39, 0.29) is 40.8 Å². The van der Waals surface area contributed by atoms with Crippen LogP contribution in [0.25, 0.3) is 71.3 Å². The zero-order valence-corrected chi connectivity index (χ0v) is 37.7. The summed E-state index contributed by atoms with van der Waals surface area (Å²) >= 11 is 0. The topological polar surface area (TPSA) is 11.4 Å². The average molecular weight is 874 g/mol. The predicted octanol–water partition coefficient (Wildman–Crippen LogP) is 18.0. The predicted molar refractivity (Wildman–Crippen MR) is 288 cm³/mol. The maximum Gasteiger partial charge on any atom is 0.0645 e. The summed E-state index contributed by atoms with van der Waals surface area (Å²) < 4.78 is 41.7. The minimum absolute atomic E-state index is 0.107. The van der Waals surface area contributed by atoms with E-state index < -0.39 is 0 Å². The van der Waals surface area contributed by atoms with Crippen LogP contribution in [-0.4, -0.2) is 4.57 Å². The summed E-state index contributed by atoms with van der Waals surface area (Å²) in [4.78, 5) is 4.22. The van der Waals surface area contributed by atoms with Crippen molar-refractivity contribution < 1.29 is 5.48 Å². The zero-order chi connectivity index (χ0) is 48.8. The third-order valence-electron chi connectivity index (χ3n) is 14.0. The Hall–Kier alpha value is -8.66. The lowest BCUT2D eigenvalue weighted by Gasteiger charge is -2.29. The second-order valence-corrected chi connectivity index (χ2v) is 18.2. The Balaban J connectivity index is 0.997. The van der Waals surface area contributed by atoms with Gasteiger partial charge in [0.05, 0.1) is 27.9 Å². The molecular weight excluding hydrogens is 823 g/mol. The van der Waals surface area contributed by atoms with Crippen LogP contribution in [0.15, 0.2) is 249 Å². The van der Waals surface area contributed by atoms with E-state index in [0.717, 1.165) is 88.6 Å². The fraction of sp³-hybridized carbons (Fsp3) is 0.0462. The number of benzene rings is 11. The van der Waals surface area contributed by atoms with Crippen molar-refractivity contribution in [3.8, 4) is 27.9 Å². The van der Waals surface area contributed by atoms with E-state index in [9.17, 15) is 5.48 Å². The van der Waals surface area contributed by atoms with Crippen molar-refractivity contribution in [1.82, 2.24) is 4.57 Å². The van der Waals surface area contributed by atoms with Crippen LogP contribution in [0.2, 0.25) is 0 Å². The molecule has 0 aliphatic heterocycles. The van der Waals surface area contributed by atoms with Gasteiger partial charge in [-0.1, -0.05) is 178 Å². The van der Waals surface area contributed by atoms with Gasteiger partial charge in [0.2, 0.25) is 0 Å². The standard InChI is InChI=1S/C65H47N3/c1-65(2)59-30-13-11-25-54(59)55-40-38-50(43-60(55)65)66(46-20-5-3-6-21-46)48-36-34-45(35-37-48)51-27-16-29-56-53(51)28-17-33-63(56)68(61-32-15-19-44-18-9-10-24-52(44)61)49-39-41-64-58(42-49)57-26-12-14-31-62(57)67(64)47-22-7-4-8-23-47/h3-43H,1-2H3/i34D,35D,36D,37D. The Morgan fingerprint density at radius 1 is 0.368 bits per heavy atom. The first-order valence-electron chi connectivity index (χ1n) is 25.3. The molecule has 0 spiro atoms. The van der Waals surface area contributed by atoms with Crippen LogP contribution in [0.5, 0.6) is 0 Å². The van der Waals surface area contributed by atoms with Crippen LogP contribution in [0.4, 0.5) is 34.1 Å². The van der Waals surface area contributed by atoms with E-state index in [1.54, 1.807) is 0 Å². The molecular formula is C65H47N3. The number of hydrogen-bond acceptors (Lipinski definition) is 2. The summed E-state index contributed by atoms with van der Waals surface area (Å²) in [5.74, 6) is 0. The summed E-state index contributed by atoms with van der Waals surface area (Å²) in [6.07, 6.45) is 0. The summed E-state index contributed by atoms with van der Waals surface area (Å²) in [5, 5.41) is 6.21. The molecule has 0 amide bonds. The van der Waals surface area contributed by atoms with Gasteiger partial charge in [0.25, 0.3) is 0 Å². The quantitative estimate of drug-likeness (QED) is 0.151. The minimum atomic E-state index is -0.283. The Bertz CT molecular complexity index is 4110. The SMILES string of the molecule is [2H]c1c([2H])c(N(c2ccccc2)c2ccc3c(c2)C(C)(C)c2ccccc2-3)c([2H])c([2H])c1-c1cccc2c(N(c3ccc4c(c3)c3ccccc3n4-c3ccccc3)c3cccc4ccccc34)cccc12. The van der Waals surface area contributed by atoms with E-state index in [4.69, 9.17) is 0 Å². The first kappa shape index (κ1) is 35.6. The Kier molecular flexibility index (Phi) is 8.24. The van der Waals surface area contributed by atoms with Crippen molar-refractivity contribution in [3.05, 3.63) is 260 Å². The molecule has 0 saturated heterocycles. The molecule has 0 N–H and O–H groups in total. The maximum atomic E-state index is 9.85. The molecule has 1 aliphatic carbocycles. The molecule has 12 aromatic rings. The summed E-state index contributed by atoms with van der Waals surface area (Å²) in [6.45, 7) is 4.47. The Morgan fingerprint density at radius 2 is 0.941 bits per heavy atom. The number of para-hydroxylation sites is 3. The average Bonchev–Trinajstić information content (AvgIpc) is 3.87. The van der Waals surface area contributed by atoms with Crippen molar-refractivity contribution in [2.45, 2.75) is 19.3 Å². The zero-order valence-electron chi connectivity index (χ0n) is 41.7. The molecule has 13 rings (SSSR count). The van der Waals surface area contributed by atoms with Gasteiger partial charge in [0.1, 0.15) is 0 Å². The Morgan fingerprint density at radius 3 is 1.78 bits per heavy atom. The molecule has 0 saturated carbocycles. The number of hydrogen-bond donors (Lipinski definition) is 0. The molecule has 0 atom stereocenters. The monoisotopic (exact) mass is 873 g/mol. The molecule has 322 valence electrons. The highest BCUT2D eigenvalue weighted by Gasteiger charge is 2.35. The lowest BCUT2D eigenvalue weighted by Crippen LogP contribution is -2.16. The van der Waals surface area contributed by atoms with E-state index in [2.05, 4.69) is 181 Å². The van der Waals surface area contributed by atoms with Gasteiger partial charge >= 0.3 is 0 Å². The van der Waals surface area contributed by atoms with Gasteiger partial charge in [0, 0.05) is 55.4 Å². The second-order valence-electron chi connectivity index (χ2n) is 18.2. The van der Waals surface area contributed by atoms with Gasteiger partial charge in [-0.3, -0.25) is 0 Å². The number of rotatable bonds is 8. The van der Waals surface area contributed by atoms with Crippen LogP contribution in [0, 0.1) is 0 Å². The molecule has 11 aromatic carbocycles. The third kappa shape index (κ3) is 6.27. The lowest BCUT2D eigenvalue weighted by molar-refractivity contribution is 0.660. The summed E-state index contributed by atoms with van der Waals surface area (Å²) in [5.41, 5.74) is 13.3. The smallest absolute Gasteiger partial charge is 0.0645 e. The highest BCUT2D eigenvalue weighted by atomic mass is 15.2. The minimum Gasteiger partial charge on any atom is -0.310 e. The van der Waals surface area contributed by atoms with Crippen LogP contribution >= 0.6 is 0 Å². The molecule has 1 heterocycles. The largest absolute Gasteiger partial charge is 0.310 e. The summed E-state index contributed by atoms with van der Waals surface area (Å²) in [6, 6.07) is 77.0. The van der Waals surface area contributed by atoms with E-state index in [0.29, 0.717) is 5.56 Å². The highest BCUT2D eigenvalue weighted by Crippen LogP contribution is 2.51. The number of aromatic nitrogens is 1. The molecule has 1 aliphatic rings. The first-order valence-corrected chi connectivity index (χ1v) is 23.3. The van der Waals surface area contributed by atoms with Crippen molar-refractivity contribution in [1.29, 1.82) is 0 Å². The van der Waals surface area contributed by atoms with Gasteiger partial charge in [-0.2, -0.15) is 0 Å². The van der Waals surface area contributed by atoms with Crippen molar-refractivity contribution in [2.24, 2.45) is 0 Å². The normalized spacial score (nSPS) is 13.5. The maximum absolute atomic E-state index is 9.85. The molecule has 3 heteroatoms. The van der Waals surface area contributed by atoms with Crippen LogP contribution in [-0.2, 0) is 5.41 Å². The number of anilines is 6. The van der Waals surface area contributed by atoms with E-state index in [1.807, 2.05) is 71.6 Å². The molecule has 0 radical (unpaired) electrons. The van der Waals surface area contributed by atoms with Crippen LogP contribution < -0.4 is 9.80 Å². The first-order chi connectivity index (χ1) is 35.2. The van der Waals surface area contributed by atoms with Crippen molar-refractivity contribution in [3.63, 3.8) is 0 Å². The van der Waals surface area contributed by atoms with Gasteiger partial charge in [-0.05, 0) is 129 Å². The number of nitrogens with zero attached hydrogens (tertiary/aromatic N) is 3. The van der Waals surface area contributed by atoms with Crippen molar-refractivity contribution in [2.75, 3.05) is 9.80 Å². The molecule has 0 unspecified atom stereocenters. The molecule has 3 nitrogen and oxygen atoms in total. The van der Waals surface area contributed by atoms with Crippen LogP contribution in [0.1, 0.15) is 30.5 Å². The van der Waals surface area contributed by atoms with E-state index >= 15 is 0 Å². The van der Waals surface area contributed by atoms with E-state index in [1.165, 1.54) is 11.1 Å². The summed E-state index contributed by atoms with van der Waals surface area (Å²) in [7, 11) is 0. The fourth-order valence-corrected chi connectivity index (χ4v) is 10.8. The molecule has 68 heavy (non-hydrogen) atoms. The van der Waals surface area contributed by atoms with Gasteiger partial charge < -0.3 is 14.4 Å². The Labute approximate surface area is 402 Å². The third-order valence-corrected chi connectivity index (χ3v) is 14.0. The van der Waals surface area contributed by atoms with Crippen molar-refractivity contribution >= 4 is 77.5 Å². The molecule has 1 aromatic heterocycles. The second kappa shape index (κ2) is 15.8. The number of fused-ring (bicyclic) bond motifs is 8. The van der Waals surface area contributed by atoms with Gasteiger partial charge in [-0.25, -0.2) is 0 Å². The van der Waals surface area contributed by atoms with Gasteiger partial charge in [-0.15, -0.1) is 0 Å². The molecule has 0 bridgehead atoms. The fourth-order valence-electron chi connectivity index (χ4n) is 10.8. The highest BCUT2D eigenvalue weighted by molar-refractivity contribution is 6.13. The molecule has 0 fully saturated rings. The van der Waals surface area contributed by atoms with Gasteiger partial charge in [0.15, 0.2) is 0 Å². The van der Waals surface area contributed by atoms with Crippen LogP contribution in [0.3, 0.4) is 0 Å².